The molecule has 104 valence electrons. The van der Waals surface area contributed by atoms with Crippen LogP contribution in [0.25, 0.3) is 0 Å². The highest BCUT2D eigenvalue weighted by Gasteiger charge is 2.22. The molecule has 0 aromatic carbocycles. The van der Waals surface area contributed by atoms with Crippen LogP contribution in [0, 0.1) is 6.92 Å². The lowest BCUT2D eigenvalue weighted by atomic mass is 10.1. The Hall–Kier alpha value is -1.20. The van der Waals surface area contributed by atoms with Gasteiger partial charge in [0, 0.05) is 30.8 Å². The van der Waals surface area contributed by atoms with Gasteiger partial charge in [0.2, 0.25) is 5.91 Å². The Morgan fingerprint density at radius 2 is 2.21 bits per heavy atom. The number of thiophene rings is 1. The van der Waals surface area contributed by atoms with Crippen LogP contribution >= 0.6 is 11.3 Å². The van der Waals surface area contributed by atoms with Crippen molar-refractivity contribution in [1.29, 1.82) is 0 Å². The van der Waals surface area contributed by atoms with E-state index in [1.165, 1.54) is 11.3 Å². The molecule has 5 heteroatoms. The van der Waals surface area contributed by atoms with Gasteiger partial charge < -0.3 is 9.64 Å². The molecule has 4 nitrogen and oxygen atoms in total. The van der Waals surface area contributed by atoms with Crippen molar-refractivity contribution in [2.45, 2.75) is 32.8 Å². The minimum absolute atomic E-state index is 0.0526. The van der Waals surface area contributed by atoms with Crippen LogP contribution in [-0.4, -0.2) is 42.4 Å². The predicted molar refractivity (Wildman–Crippen MR) is 74.6 cm³/mol. The Balaban J connectivity index is 1.81. The van der Waals surface area contributed by atoms with E-state index in [2.05, 4.69) is 0 Å². The van der Waals surface area contributed by atoms with Crippen LogP contribution in [0.4, 0.5) is 0 Å². The molecule has 1 atom stereocenters. The maximum absolute atomic E-state index is 12.0. The quantitative estimate of drug-likeness (QED) is 0.795. The fraction of sp³-hybridized carbons (Fsp3) is 0.571. The summed E-state index contributed by atoms with van der Waals surface area (Å²) in [4.78, 5) is 27.6. The van der Waals surface area contributed by atoms with Gasteiger partial charge in [-0.3, -0.25) is 9.59 Å². The maximum atomic E-state index is 12.0. The average Bonchev–Trinajstić information content (AvgIpc) is 2.82. The van der Waals surface area contributed by atoms with E-state index in [0.717, 1.165) is 9.75 Å². The average molecular weight is 281 g/mol. The summed E-state index contributed by atoms with van der Waals surface area (Å²) in [6.07, 6.45) is 0.681. The van der Waals surface area contributed by atoms with Gasteiger partial charge in [-0.25, -0.2) is 0 Å². The molecule has 1 aliphatic rings. The zero-order chi connectivity index (χ0) is 13.8. The van der Waals surface area contributed by atoms with Crippen molar-refractivity contribution >= 4 is 23.0 Å². The Labute approximate surface area is 117 Å². The molecule has 1 aliphatic heterocycles. The van der Waals surface area contributed by atoms with Gasteiger partial charge in [-0.15, -0.1) is 11.3 Å². The Bertz CT molecular complexity index is 469. The second kappa shape index (κ2) is 6.30. The van der Waals surface area contributed by atoms with Crippen LogP contribution in [0.3, 0.4) is 0 Å². The van der Waals surface area contributed by atoms with E-state index in [0.29, 0.717) is 32.5 Å². The lowest BCUT2D eigenvalue weighted by Gasteiger charge is -2.31. The number of nitrogens with zero attached hydrogens (tertiary/aromatic N) is 1. The summed E-state index contributed by atoms with van der Waals surface area (Å²) in [7, 11) is 0. The third-order valence-electron chi connectivity index (χ3n) is 3.17. The van der Waals surface area contributed by atoms with Crippen molar-refractivity contribution in [3.8, 4) is 0 Å². The first-order chi connectivity index (χ1) is 9.06. The number of hydrogen-bond donors (Lipinski definition) is 0. The predicted octanol–water partition coefficient (Wildman–Crippen LogP) is 2.27. The summed E-state index contributed by atoms with van der Waals surface area (Å²) in [6.45, 7) is 5.78. The molecule has 0 saturated carbocycles. The van der Waals surface area contributed by atoms with E-state index in [1.54, 1.807) is 4.90 Å². The van der Waals surface area contributed by atoms with Crippen molar-refractivity contribution in [2.75, 3.05) is 19.7 Å². The summed E-state index contributed by atoms with van der Waals surface area (Å²) in [5.74, 6) is 0.115. The molecular formula is C14H19NO3S. The fourth-order valence-electron chi connectivity index (χ4n) is 2.13. The summed E-state index contributed by atoms with van der Waals surface area (Å²) in [5, 5.41) is 0. The van der Waals surface area contributed by atoms with Gasteiger partial charge in [0.1, 0.15) is 0 Å². The van der Waals surface area contributed by atoms with Crippen molar-refractivity contribution in [2.24, 2.45) is 0 Å². The first kappa shape index (κ1) is 14.2. The van der Waals surface area contributed by atoms with Crippen molar-refractivity contribution in [3.05, 3.63) is 21.9 Å². The number of rotatable bonds is 4. The van der Waals surface area contributed by atoms with Gasteiger partial charge in [0.15, 0.2) is 5.78 Å². The number of Topliss-reactive ketones (excluding diaryl/α,β-unsaturated/α-hetero) is 1. The number of carbonyl (C=O) groups excluding carboxylic acids is 2. The molecule has 0 radical (unpaired) electrons. The molecule has 0 spiro atoms. The lowest BCUT2D eigenvalue weighted by Crippen LogP contribution is -2.44. The van der Waals surface area contributed by atoms with Gasteiger partial charge in [-0.05, 0) is 26.0 Å². The summed E-state index contributed by atoms with van der Waals surface area (Å²) in [6, 6.07) is 3.77. The number of hydrogen-bond acceptors (Lipinski definition) is 4. The normalized spacial score (nSPS) is 19.5. The van der Waals surface area contributed by atoms with E-state index in [9.17, 15) is 9.59 Å². The molecule has 1 fully saturated rings. The number of carbonyl (C=O) groups is 2. The van der Waals surface area contributed by atoms with Crippen molar-refractivity contribution < 1.29 is 14.3 Å². The lowest BCUT2D eigenvalue weighted by molar-refractivity contribution is -0.138. The highest BCUT2D eigenvalue weighted by molar-refractivity contribution is 7.14. The summed E-state index contributed by atoms with van der Waals surface area (Å²) < 4.78 is 5.40. The highest BCUT2D eigenvalue weighted by atomic mass is 32.1. The van der Waals surface area contributed by atoms with Gasteiger partial charge in [0.25, 0.3) is 0 Å². The molecule has 19 heavy (non-hydrogen) atoms. The first-order valence-corrected chi connectivity index (χ1v) is 7.37. The Morgan fingerprint density at radius 3 is 2.84 bits per heavy atom. The molecule has 1 amide bonds. The fourth-order valence-corrected chi connectivity index (χ4v) is 2.97. The standard InChI is InChI=1S/C14H19NO3S/c1-10-9-15(7-8-18-10)14(17)6-4-12(16)13-5-3-11(2)19-13/h3,5,10H,4,6-9H2,1-2H3. The third-order valence-corrected chi connectivity index (χ3v) is 4.22. The molecule has 1 unspecified atom stereocenters. The largest absolute Gasteiger partial charge is 0.375 e. The second-order valence-corrected chi connectivity index (χ2v) is 6.14. The van der Waals surface area contributed by atoms with E-state index in [1.807, 2.05) is 26.0 Å². The van der Waals surface area contributed by atoms with E-state index < -0.39 is 0 Å². The van der Waals surface area contributed by atoms with E-state index in [4.69, 9.17) is 4.74 Å². The van der Waals surface area contributed by atoms with Gasteiger partial charge >= 0.3 is 0 Å². The number of morpholine rings is 1. The molecule has 1 saturated heterocycles. The third kappa shape index (κ3) is 3.88. The Kier molecular flexibility index (Phi) is 4.71. The number of aryl methyl sites for hydroxylation is 1. The molecule has 2 rings (SSSR count). The monoisotopic (exact) mass is 281 g/mol. The van der Waals surface area contributed by atoms with Crippen LogP contribution in [0.15, 0.2) is 12.1 Å². The van der Waals surface area contributed by atoms with Crippen LogP contribution in [0.1, 0.15) is 34.3 Å². The van der Waals surface area contributed by atoms with Gasteiger partial charge in [-0.1, -0.05) is 0 Å². The molecule has 0 bridgehead atoms. The molecule has 2 heterocycles. The van der Waals surface area contributed by atoms with E-state index >= 15 is 0 Å². The number of ether oxygens (including phenoxy) is 1. The van der Waals surface area contributed by atoms with Gasteiger partial charge in [-0.2, -0.15) is 0 Å². The molecule has 0 N–H and O–H groups in total. The van der Waals surface area contributed by atoms with Crippen LogP contribution in [0.2, 0.25) is 0 Å². The molecule has 0 aliphatic carbocycles. The zero-order valence-electron chi connectivity index (χ0n) is 11.3. The second-order valence-electron chi connectivity index (χ2n) is 4.85. The number of amides is 1. The minimum Gasteiger partial charge on any atom is -0.375 e. The highest BCUT2D eigenvalue weighted by Crippen LogP contribution is 2.18. The van der Waals surface area contributed by atoms with Crippen LogP contribution in [0.5, 0.6) is 0 Å². The molecular weight excluding hydrogens is 262 g/mol. The Morgan fingerprint density at radius 1 is 1.42 bits per heavy atom. The number of ketones is 1. The smallest absolute Gasteiger partial charge is 0.223 e. The molecule has 1 aromatic heterocycles. The maximum Gasteiger partial charge on any atom is 0.223 e. The molecule has 1 aromatic rings. The minimum atomic E-state index is 0.0526. The zero-order valence-corrected chi connectivity index (χ0v) is 12.2. The first-order valence-electron chi connectivity index (χ1n) is 6.55. The van der Waals surface area contributed by atoms with Gasteiger partial charge in [0.05, 0.1) is 17.6 Å². The van der Waals surface area contributed by atoms with Crippen LogP contribution in [-0.2, 0) is 9.53 Å². The van der Waals surface area contributed by atoms with Crippen LogP contribution < -0.4 is 0 Å². The summed E-state index contributed by atoms with van der Waals surface area (Å²) in [5.41, 5.74) is 0. The van der Waals surface area contributed by atoms with E-state index in [-0.39, 0.29) is 17.8 Å². The van der Waals surface area contributed by atoms with Crippen molar-refractivity contribution in [3.63, 3.8) is 0 Å². The topological polar surface area (TPSA) is 46.6 Å². The SMILES string of the molecule is Cc1ccc(C(=O)CCC(=O)N2CCOC(C)C2)s1. The summed E-state index contributed by atoms with van der Waals surface area (Å²) >= 11 is 1.49. The van der Waals surface area contributed by atoms with Crippen molar-refractivity contribution in [1.82, 2.24) is 4.90 Å².